The quantitative estimate of drug-likeness (QED) is 0.852. The van der Waals surface area contributed by atoms with E-state index in [1.807, 2.05) is 0 Å². The van der Waals surface area contributed by atoms with E-state index in [-0.39, 0.29) is 5.82 Å². The van der Waals surface area contributed by atoms with Crippen LogP contribution in [0.3, 0.4) is 0 Å². The van der Waals surface area contributed by atoms with Gasteiger partial charge in [0.25, 0.3) is 0 Å². The van der Waals surface area contributed by atoms with Gasteiger partial charge in [0, 0.05) is 12.7 Å². The summed E-state index contributed by atoms with van der Waals surface area (Å²) in [5.41, 5.74) is 1.41. The van der Waals surface area contributed by atoms with E-state index < -0.39 is 5.97 Å². The van der Waals surface area contributed by atoms with Crippen molar-refractivity contribution in [3.05, 3.63) is 59.5 Å². The van der Waals surface area contributed by atoms with Crippen LogP contribution in [0.15, 0.2) is 42.6 Å². The molecule has 0 bridgehead atoms. The number of carbonyl (C=O) groups is 1. The van der Waals surface area contributed by atoms with Crippen LogP contribution in [0, 0.1) is 5.82 Å². The molecule has 0 unspecified atom stereocenters. The van der Waals surface area contributed by atoms with Crippen LogP contribution in [0.4, 0.5) is 10.2 Å². The number of esters is 1. The number of anilines is 1. The molecule has 0 amide bonds. The lowest BCUT2D eigenvalue weighted by molar-refractivity contribution is 0.0601. The zero-order chi connectivity index (χ0) is 14.4. The van der Waals surface area contributed by atoms with Crippen molar-refractivity contribution in [2.45, 2.75) is 6.42 Å². The number of hydrogen-bond donors (Lipinski definition) is 1. The molecule has 2 rings (SSSR count). The second kappa shape index (κ2) is 6.65. The minimum atomic E-state index is -0.428. The van der Waals surface area contributed by atoms with E-state index in [1.165, 1.54) is 19.2 Å². The number of aromatic nitrogens is 1. The smallest absolute Gasteiger partial charge is 0.341 e. The second-order valence-corrected chi connectivity index (χ2v) is 4.19. The molecule has 0 atom stereocenters. The van der Waals surface area contributed by atoms with E-state index in [2.05, 4.69) is 10.3 Å². The molecule has 104 valence electrons. The molecule has 0 saturated heterocycles. The Hall–Kier alpha value is -2.43. The van der Waals surface area contributed by atoms with Gasteiger partial charge in [-0.05, 0) is 36.2 Å². The third-order valence-corrected chi connectivity index (χ3v) is 2.83. The topological polar surface area (TPSA) is 51.2 Å². The lowest BCUT2D eigenvalue weighted by atomic mass is 10.1. The Labute approximate surface area is 116 Å². The number of hydrogen-bond acceptors (Lipinski definition) is 4. The molecule has 0 aliphatic rings. The van der Waals surface area contributed by atoms with Crippen LogP contribution in [-0.2, 0) is 11.2 Å². The van der Waals surface area contributed by atoms with Gasteiger partial charge < -0.3 is 10.1 Å². The molecule has 20 heavy (non-hydrogen) atoms. The molecule has 0 aliphatic carbocycles. The third kappa shape index (κ3) is 3.54. The molecular weight excluding hydrogens is 259 g/mol. The Morgan fingerprint density at radius 1 is 1.30 bits per heavy atom. The lowest BCUT2D eigenvalue weighted by Crippen LogP contribution is -2.12. The van der Waals surface area contributed by atoms with Crippen molar-refractivity contribution in [3.8, 4) is 0 Å². The maximum Gasteiger partial charge on any atom is 0.341 e. The Bertz CT molecular complexity index is 585. The van der Waals surface area contributed by atoms with Gasteiger partial charge in [0.1, 0.15) is 17.2 Å². The fourth-order valence-electron chi connectivity index (χ4n) is 1.80. The van der Waals surface area contributed by atoms with Gasteiger partial charge in [-0.3, -0.25) is 0 Å². The molecule has 0 spiro atoms. The Morgan fingerprint density at radius 3 is 2.75 bits per heavy atom. The molecule has 1 aromatic heterocycles. The fourth-order valence-corrected chi connectivity index (χ4v) is 1.80. The zero-order valence-corrected chi connectivity index (χ0v) is 11.1. The maximum absolute atomic E-state index is 12.8. The van der Waals surface area contributed by atoms with Gasteiger partial charge in [0.2, 0.25) is 0 Å². The summed E-state index contributed by atoms with van der Waals surface area (Å²) in [4.78, 5) is 15.7. The monoisotopic (exact) mass is 274 g/mol. The molecule has 1 heterocycles. The molecule has 0 radical (unpaired) electrons. The number of nitrogens with zero attached hydrogens (tertiary/aromatic N) is 1. The van der Waals surface area contributed by atoms with Crippen molar-refractivity contribution < 1.29 is 13.9 Å². The number of benzene rings is 1. The lowest BCUT2D eigenvalue weighted by Gasteiger charge is -2.09. The van der Waals surface area contributed by atoms with Gasteiger partial charge >= 0.3 is 5.97 Å². The van der Waals surface area contributed by atoms with Gasteiger partial charge in [-0.2, -0.15) is 0 Å². The van der Waals surface area contributed by atoms with Crippen molar-refractivity contribution >= 4 is 11.8 Å². The minimum absolute atomic E-state index is 0.251. The van der Waals surface area contributed by atoms with Crippen LogP contribution >= 0.6 is 0 Å². The number of rotatable bonds is 5. The van der Waals surface area contributed by atoms with E-state index in [1.54, 1.807) is 30.5 Å². The highest BCUT2D eigenvalue weighted by Gasteiger charge is 2.11. The average Bonchev–Trinajstić information content (AvgIpc) is 2.49. The molecule has 0 aliphatic heterocycles. The van der Waals surface area contributed by atoms with E-state index in [0.29, 0.717) is 24.3 Å². The summed E-state index contributed by atoms with van der Waals surface area (Å²) < 4.78 is 17.5. The van der Waals surface area contributed by atoms with Crippen LogP contribution in [-0.4, -0.2) is 24.6 Å². The van der Waals surface area contributed by atoms with Crippen LogP contribution in [0.25, 0.3) is 0 Å². The van der Waals surface area contributed by atoms with Gasteiger partial charge in [-0.25, -0.2) is 14.2 Å². The van der Waals surface area contributed by atoms with Crippen LogP contribution < -0.4 is 5.32 Å². The molecule has 0 saturated carbocycles. The van der Waals surface area contributed by atoms with Crippen LogP contribution in [0.2, 0.25) is 0 Å². The molecule has 2 aromatic rings. The second-order valence-electron chi connectivity index (χ2n) is 4.19. The van der Waals surface area contributed by atoms with Crippen molar-refractivity contribution in [3.63, 3.8) is 0 Å². The molecule has 1 aromatic carbocycles. The number of halogens is 1. The summed E-state index contributed by atoms with van der Waals surface area (Å²) in [6.07, 6.45) is 2.31. The Morgan fingerprint density at radius 2 is 2.05 bits per heavy atom. The number of pyridine rings is 1. The predicted octanol–water partition coefficient (Wildman–Crippen LogP) is 2.66. The highest BCUT2D eigenvalue weighted by atomic mass is 19.1. The van der Waals surface area contributed by atoms with E-state index in [0.717, 1.165) is 5.56 Å². The normalized spacial score (nSPS) is 10.1. The molecule has 4 nitrogen and oxygen atoms in total. The molecular formula is C15H15FN2O2. The van der Waals surface area contributed by atoms with Crippen molar-refractivity contribution in [2.24, 2.45) is 0 Å². The first-order chi connectivity index (χ1) is 9.70. The Balaban J connectivity index is 1.97. The van der Waals surface area contributed by atoms with Crippen molar-refractivity contribution in [2.75, 3.05) is 19.0 Å². The van der Waals surface area contributed by atoms with E-state index in [4.69, 9.17) is 4.74 Å². The predicted molar refractivity (Wildman–Crippen MR) is 74.2 cm³/mol. The first kappa shape index (κ1) is 14.0. The van der Waals surface area contributed by atoms with Crippen LogP contribution in [0.5, 0.6) is 0 Å². The summed E-state index contributed by atoms with van der Waals surface area (Å²) in [6, 6.07) is 9.65. The summed E-state index contributed by atoms with van der Waals surface area (Å²) in [5.74, 6) is -0.191. The van der Waals surface area contributed by atoms with Gasteiger partial charge in [0.15, 0.2) is 0 Å². The largest absolute Gasteiger partial charge is 0.465 e. The number of ether oxygens (including phenoxy) is 1. The van der Waals surface area contributed by atoms with Gasteiger partial charge in [0.05, 0.1) is 7.11 Å². The average molecular weight is 274 g/mol. The maximum atomic E-state index is 12.8. The van der Waals surface area contributed by atoms with E-state index in [9.17, 15) is 9.18 Å². The minimum Gasteiger partial charge on any atom is -0.465 e. The summed E-state index contributed by atoms with van der Waals surface area (Å²) in [5, 5.41) is 3.09. The summed E-state index contributed by atoms with van der Waals surface area (Å²) >= 11 is 0. The molecule has 5 heteroatoms. The summed E-state index contributed by atoms with van der Waals surface area (Å²) in [6.45, 7) is 0.590. The highest BCUT2D eigenvalue weighted by Crippen LogP contribution is 2.13. The van der Waals surface area contributed by atoms with E-state index >= 15 is 0 Å². The van der Waals surface area contributed by atoms with Crippen LogP contribution in [0.1, 0.15) is 15.9 Å². The molecule has 1 N–H and O–H groups in total. The first-order valence-electron chi connectivity index (χ1n) is 6.22. The van der Waals surface area contributed by atoms with Crippen molar-refractivity contribution in [1.29, 1.82) is 0 Å². The standard InChI is InChI=1S/C15H15FN2O2/c1-20-15(19)13-3-2-9-17-14(13)18-10-8-11-4-6-12(16)7-5-11/h2-7,9H,8,10H2,1H3,(H,17,18). The third-order valence-electron chi connectivity index (χ3n) is 2.83. The highest BCUT2D eigenvalue weighted by molar-refractivity contribution is 5.94. The van der Waals surface area contributed by atoms with Crippen molar-refractivity contribution in [1.82, 2.24) is 4.98 Å². The number of methoxy groups -OCH3 is 1. The molecule has 0 fully saturated rings. The Kier molecular flexibility index (Phi) is 4.65. The van der Waals surface area contributed by atoms with Gasteiger partial charge in [-0.15, -0.1) is 0 Å². The summed E-state index contributed by atoms with van der Waals surface area (Å²) in [7, 11) is 1.33. The SMILES string of the molecule is COC(=O)c1cccnc1NCCc1ccc(F)cc1. The fraction of sp³-hybridized carbons (Fsp3) is 0.200. The number of carbonyl (C=O) groups excluding carboxylic acids is 1. The number of nitrogens with one attached hydrogen (secondary N) is 1. The van der Waals surface area contributed by atoms with Gasteiger partial charge in [-0.1, -0.05) is 12.1 Å². The zero-order valence-electron chi connectivity index (χ0n) is 11.1. The first-order valence-corrected chi connectivity index (χ1v) is 6.22.